The molecule has 0 bridgehead atoms. The molecule has 0 aliphatic heterocycles. The van der Waals surface area contributed by atoms with Crippen molar-refractivity contribution >= 4 is 11.8 Å². The zero-order chi connectivity index (χ0) is 13.7. The second-order valence-corrected chi connectivity index (χ2v) is 5.79. The van der Waals surface area contributed by atoms with Gasteiger partial charge in [0.05, 0.1) is 12.2 Å². The van der Waals surface area contributed by atoms with E-state index in [2.05, 4.69) is 41.7 Å². The Balaban J connectivity index is 2.08. The van der Waals surface area contributed by atoms with E-state index in [1.165, 1.54) is 16.0 Å². The molecule has 2 aromatic rings. The minimum atomic E-state index is 0.116. The second-order valence-electron chi connectivity index (χ2n) is 4.45. The molecule has 0 spiro atoms. The van der Waals surface area contributed by atoms with E-state index in [9.17, 15) is 0 Å². The fourth-order valence-corrected chi connectivity index (χ4v) is 2.71. The molecular weight excluding hydrogens is 256 g/mol. The molecule has 1 unspecified atom stereocenters. The number of aromatic nitrogens is 2. The molecule has 1 aromatic carbocycles. The summed E-state index contributed by atoms with van der Waals surface area (Å²) in [6.07, 6.45) is 4.74. The van der Waals surface area contributed by atoms with Crippen LogP contribution in [0.25, 0.3) is 0 Å². The lowest BCUT2D eigenvalue weighted by molar-refractivity contribution is 0.551. The number of thioether (sulfide) groups is 1. The van der Waals surface area contributed by atoms with Crippen LogP contribution in [0.3, 0.4) is 0 Å². The Morgan fingerprint density at radius 3 is 2.63 bits per heavy atom. The Kier molecular flexibility index (Phi) is 5.01. The van der Waals surface area contributed by atoms with Crippen LogP contribution in [0.2, 0.25) is 0 Å². The SMILES string of the molecule is CCSc1ccc(C(Cc2cnn(C)c2)NN)cc1. The van der Waals surface area contributed by atoms with Gasteiger partial charge in [0.2, 0.25) is 0 Å². The number of aryl methyl sites for hydroxylation is 1. The van der Waals surface area contributed by atoms with Gasteiger partial charge in [-0.2, -0.15) is 5.10 Å². The van der Waals surface area contributed by atoms with Gasteiger partial charge in [-0.1, -0.05) is 19.1 Å². The van der Waals surface area contributed by atoms with Crippen LogP contribution in [0, 0.1) is 0 Å². The highest BCUT2D eigenvalue weighted by Gasteiger charge is 2.11. The maximum Gasteiger partial charge on any atom is 0.0522 e. The number of hydrogen-bond donors (Lipinski definition) is 2. The number of rotatable bonds is 6. The molecule has 0 fully saturated rings. The number of hydrogen-bond acceptors (Lipinski definition) is 4. The summed E-state index contributed by atoms with van der Waals surface area (Å²) in [5.74, 6) is 6.76. The molecule has 19 heavy (non-hydrogen) atoms. The molecule has 0 saturated carbocycles. The Hall–Kier alpha value is -1.30. The fourth-order valence-electron chi connectivity index (χ4n) is 2.05. The van der Waals surface area contributed by atoms with Gasteiger partial charge in [-0.15, -0.1) is 11.8 Å². The molecule has 5 heteroatoms. The molecule has 0 amide bonds. The number of nitrogens with two attached hydrogens (primary N) is 1. The molecule has 0 saturated heterocycles. The Morgan fingerprint density at radius 1 is 1.37 bits per heavy atom. The lowest BCUT2D eigenvalue weighted by atomic mass is 10.0. The molecule has 3 N–H and O–H groups in total. The van der Waals surface area contributed by atoms with Gasteiger partial charge >= 0.3 is 0 Å². The quantitative estimate of drug-likeness (QED) is 0.483. The lowest BCUT2D eigenvalue weighted by Gasteiger charge is -2.15. The van der Waals surface area contributed by atoms with Gasteiger partial charge in [0.25, 0.3) is 0 Å². The third kappa shape index (κ3) is 3.83. The summed E-state index contributed by atoms with van der Waals surface area (Å²) in [4.78, 5) is 1.29. The summed E-state index contributed by atoms with van der Waals surface area (Å²) < 4.78 is 1.81. The monoisotopic (exact) mass is 276 g/mol. The Bertz CT molecular complexity index is 506. The van der Waals surface area contributed by atoms with Crippen molar-refractivity contribution in [2.24, 2.45) is 12.9 Å². The number of nitrogens with zero attached hydrogens (tertiary/aromatic N) is 2. The van der Waals surface area contributed by atoms with Crippen molar-refractivity contribution in [1.29, 1.82) is 0 Å². The minimum absolute atomic E-state index is 0.116. The van der Waals surface area contributed by atoms with E-state index in [0.717, 1.165) is 12.2 Å². The first kappa shape index (κ1) is 14.1. The summed E-state index contributed by atoms with van der Waals surface area (Å²) >= 11 is 1.85. The van der Waals surface area contributed by atoms with E-state index < -0.39 is 0 Å². The first-order valence-electron chi connectivity index (χ1n) is 6.39. The van der Waals surface area contributed by atoms with E-state index >= 15 is 0 Å². The average Bonchev–Trinajstić information content (AvgIpc) is 2.83. The molecule has 0 aliphatic carbocycles. The maximum absolute atomic E-state index is 5.67. The van der Waals surface area contributed by atoms with Crippen molar-refractivity contribution in [2.75, 3.05) is 5.75 Å². The zero-order valence-corrected chi connectivity index (χ0v) is 12.2. The molecule has 2 rings (SSSR count). The summed E-state index contributed by atoms with van der Waals surface area (Å²) in [7, 11) is 1.92. The second kappa shape index (κ2) is 6.75. The van der Waals surface area contributed by atoms with Crippen molar-refractivity contribution in [2.45, 2.75) is 24.3 Å². The predicted octanol–water partition coefficient (Wildman–Crippen LogP) is 2.28. The van der Waals surface area contributed by atoms with Gasteiger partial charge in [-0.25, -0.2) is 0 Å². The minimum Gasteiger partial charge on any atom is -0.276 e. The van der Waals surface area contributed by atoms with Crippen molar-refractivity contribution < 1.29 is 0 Å². The Labute approximate surface area is 118 Å². The van der Waals surface area contributed by atoms with Crippen LogP contribution in [-0.4, -0.2) is 15.5 Å². The molecule has 1 aromatic heterocycles. The largest absolute Gasteiger partial charge is 0.276 e. The van der Waals surface area contributed by atoms with Crippen LogP contribution in [-0.2, 0) is 13.5 Å². The van der Waals surface area contributed by atoms with E-state index in [1.807, 2.05) is 35.9 Å². The number of nitrogens with one attached hydrogen (secondary N) is 1. The number of hydrazine groups is 1. The van der Waals surface area contributed by atoms with Crippen molar-refractivity contribution in [1.82, 2.24) is 15.2 Å². The smallest absolute Gasteiger partial charge is 0.0522 e. The third-order valence-electron chi connectivity index (χ3n) is 2.99. The van der Waals surface area contributed by atoms with Gasteiger partial charge in [0, 0.05) is 18.1 Å². The van der Waals surface area contributed by atoms with Gasteiger partial charge < -0.3 is 0 Å². The van der Waals surface area contributed by atoms with Gasteiger partial charge in [0.15, 0.2) is 0 Å². The number of benzene rings is 1. The van der Waals surface area contributed by atoms with Crippen LogP contribution in [0.4, 0.5) is 0 Å². The standard InChI is InChI=1S/C14H20N4S/c1-3-19-13-6-4-12(5-7-13)14(17-15)8-11-9-16-18(2)10-11/h4-7,9-10,14,17H,3,8,15H2,1-2H3. The van der Waals surface area contributed by atoms with Gasteiger partial charge in [-0.3, -0.25) is 16.0 Å². The highest BCUT2D eigenvalue weighted by atomic mass is 32.2. The zero-order valence-electron chi connectivity index (χ0n) is 11.3. The summed E-state index contributed by atoms with van der Waals surface area (Å²) in [5, 5.41) is 4.18. The average molecular weight is 276 g/mol. The van der Waals surface area contributed by atoms with Crippen molar-refractivity contribution in [3.63, 3.8) is 0 Å². The fraction of sp³-hybridized carbons (Fsp3) is 0.357. The van der Waals surface area contributed by atoms with E-state index in [1.54, 1.807) is 0 Å². The van der Waals surface area contributed by atoms with Crippen LogP contribution >= 0.6 is 11.8 Å². The molecule has 102 valence electrons. The van der Waals surface area contributed by atoms with Crippen LogP contribution in [0.5, 0.6) is 0 Å². The lowest BCUT2D eigenvalue weighted by Crippen LogP contribution is -2.29. The molecule has 0 aliphatic rings. The van der Waals surface area contributed by atoms with Gasteiger partial charge in [0.1, 0.15) is 0 Å². The molecule has 1 atom stereocenters. The first-order chi connectivity index (χ1) is 9.22. The summed E-state index contributed by atoms with van der Waals surface area (Å²) in [6.45, 7) is 2.16. The van der Waals surface area contributed by atoms with Crippen LogP contribution in [0.15, 0.2) is 41.6 Å². The van der Waals surface area contributed by atoms with Gasteiger partial charge in [-0.05, 0) is 35.4 Å². The van der Waals surface area contributed by atoms with Crippen LogP contribution < -0.4 is 11.3 Å². The van der Waals surface area contributed by atoms with E-state index in [0.29, 0.717) is 0 Å². The normalized spacial score (nSPS) is 12.6. The maximum atomic E-state index is 5.67. The topological polar surface area (TPSA) is 55.9 Å². The van der Waals surface area contributed by atoms with E-state index in [4.69, 9.17) is 5.84 Å². The molecule has 1 heterocycles. The predicted molar refractivity (Wildman–Crippen MR) is 79.8 cm³/mol. The molecular formula is C14H20N4S. The van der Waals surface area contributed by atoms with Crippen molar-refractivity contribution in [3.05, 3.63) is 47.8 Å². The molecule has 0 radical (unpaired) electrons. The Morgan fingerprint density at radius 2 is 2.11 bits per heavy atom. The molecule has 4 nitrogen and oxygen atoms in total. The van der Waals surface area contributed by atoms with Crippen molar-refractivity contribution in [3.8, 4) is 0 Å². The summed E-state index contributed by atoms with van der Waals surface area (Å²) in [5.41, 5.74) is 5.26. The highest BCUT2D eigenvalue weighted by molar-refractivity contribution is 7.99. The van der Waals surface area contributed by atoms with Crippen LogP contribution in [0.1, 0.15) is 24.1 Å². The first-order valence-corrected chi connectivity index (χ1v) is 7.38. The summed E-state index contributed by atoms with van der Waals surface area (Å²) in [6, 6.07) is 8.69. The highest BCUT2D eigenvalue weighted by Crippen LogP contribution is 2.22. The third-order valence-corrected chi connectivity index (χ3v) is 3.89. The van der Waals surface area contributed by atoms with E-state index in [-0.39, 0.29) is 6.04 Å².